The Balaban J connectivity index is 1.78. The summed E-state index contributed by atoms with van der Waals surface area (Å²) in [6.45, 7) is 6.46. The fourth-order valence-corrected chi connectivity index (χ4v) is 3.87. The summed E-state index contributed by atoms with van der Waals surface area (Å²) >= 11 is 1.50. The number of amides is 1. The van der Waals surface area contributed by atoms with Crippen LogP contribution >= 0.6 is 11.3 Å². The molecule has 1 aromatic carbocycles. The molecular formula is C20H24N4O2S. The number of aromatic amines is 1. The molecule has 0 saturated heterocycles. The SMILES string of the molecule is CN(CC(=O)NC(C)(C)C)Cc1nc2sc(-c3ccccc3)cc2c(=O)[nH]1. The Morgan fingerprint density at radius 3 is 2.63 bits per heavy atom. The first-order chi connectivity index (χ1) is 12.7. The molecule has 3 aromatic rings. The number of hydrogen-bond acceptors (Lipinski definition) is 5. The second-order valence-corrected chi connectivity index (χ2v) is 8.71. The highest BCUT2D eigenvalue weighted by molar-refractivity contribution is 7.21. The summed E-state index contributed by atoms with van der Waals surface area (Å²) in [6, 6.07) is 11.8. The smallest absolute Gasteiger partial charge is 0.259 e. The molecule has 142 valence electrons. The predicted molar refractivity (Wildman–Crippen MR) is 110 cm³/mol. The first-order valence-electron chi connectivity index (χ1n) is 8.79. The number of nitrogens with zero attached hydrogens (tertiary/aromatic N) is 2. The van der Waals surface area contributed by atoms with Crippen LogP contribution in [0.3, 0.4) is 0 Å². The number of carbonyl (C=O) groups is 1. The molecule has 7 heteroatoms. The Hall–Kier alpha value is -2.51. The number of benzene rings is 1. The van der Waals surface area contributed by atoms with E-state index in [9.17, 15) is 9.59 Å². The van der Waals surface area contributed by atoms with Crippen LogP contribution in [-0.2, 0) is 11.3 Å². The summed E-state index contributed by atoms with van der Waals surface area (Å²) in [5, 5.41) is 3.52. The maximum atomic E-state index is 12.4. The Bertz CT molecular complexity index is 1000. The maximum Gasteiger partial charge on any atom is 0.259 e. The summed E-state index contributed by atoms with van der Waals surface area (Å²) in [4.78, 5) is 35.5. The van der Waals surface area contributed by atoms with Crippen molar-refractivity contribution in [2.24, 2.45) is 0 Å². The third-order valence-corrected chi connectivity index (χ3v) is 4.94. The van der Waals surface area contributed by atoms with E-state index in [0.717, 1.165) is 10.4 Å². The van der Waals surface area contributed by atoms with Gasteiger partial charge in [-0.25, -0.2) is 4.98 Å². The van der Waals surface area contributed by atoms with Crippen LogP contribution in [0, 0.1) is 0 Å². The van der Waals surface area contributed by atoms with Gasteiger partial charge in [0.2, 0.25) is 5.91 Å². The molecule has 0 saturated carbocycles. The van der Waals surface area contributed by atoms with Crippen LogP contribution in [0.4, 0.5) is 0 Å². The third-order valence-electron chi connectivity index (χ3n) is 3.86. The minimum atomic E-state index is -0.270. The van der Waals surface area contributed by atoms with Crippen LogP contribution in [0.15, 0.2) is 41.2 Å². The highest BCUT2D eigenvalue weighted by Crippen LogP contribution is 2.30. The van der Waals surface area contributed by atoms with Crippen molar-refractivity contribution in [1.29, 1.82) is 0 Å². The molecule has 0 aliphatic carbocycles. The number of carbonyl (C=O) groups excluding carboxylic acids is 1. The van der Waals surface area contributed by atoms with Crippen LogP contribution in [0.5, 0.6) is 0 Å². The number of H-pyrrole nitrogens is 1. The van der Waals surface area contributed by atoms with Crippen LogP contribution < -0.4 is 10.9 Å². The zero-order valence-electron chi connectivity index (χ0n) is 16.0. The molecule has 2 heterocycles. The molecule has 0 unspecified atom stereocenters. The van der Waals surface area contributed by atoms with E-state index in [2.05, 4.69) is 15.3 Å². The van der Waals surface area contributed by atoms with Crippen molar-refractivity contribution in [2.75, 3.05) is 13.6 Å². The minimum Gasteiger partial charge on any atom is -0.350 e. The number of aromatic nitrogens is 2. The van der Waals surface area contributed by atoms with E-state index in [1.165, 1.54) is 11.3 Å². The standard InChI is InChI=1S/C20H24N4O2S/c1-20(2,3)23-17(25)12-24(4)11-16-21-18(26)14-10-15(27-19(14)22-16)13-8-6-5-7-9-13/h5-10H,11-12H2,1-4H3,(H,23,25)(H,21,22,26). The Morgan fingerprint density at radius 2 is 1.96 bits per heavy atom. The van der Waals surface area contributed by atoms with E-state index >= 15 is 0 Å². The first-order valence-corrected chi connectivity index (χ1v) is 9.61. The van der Waals surface area contributed by atoms with Gasteiger partial charge in [-0.05, 0) is 39.4 Å². The van der Waals surface area contributed by atoms with Crippen molar-refractivity contribution in [3.05, 3.63) is 52.6 Å². The molecule has 0 bridgehead atoms. The summed E-state index contributed by atoms with van der Waals surface area (Å²) in [7, 11) is 1.83. The third kappa shape index (κ3) is 5.02. The molecule has 0 aliphatic rings. The molecule has 6 nitrogen and oxygen atoms in total. The molecule has 2 N–H and O–H groups in total. The van der Waals surface area contributed by atoms with Crippen molar-refractivity contribution in [2.45, 2.75) is 32.9 Å². The molecular weight excluding hydrogens is 360 g/mol. The van der Waals surface area contributed by atoms with E-state index < -0.39 is 0 Å². The van der Waals surface area contributed by atoms with Gasteiger partial charge >= 0.3 is 0 Å². The number of rotatable bonds is 5. The Labute approximate surface area is 162 Å². The van der Waals surface area contributed by atoms with Gasteiger partial charge in [-0.15, -0.1) is 11.3 Å². The van der Waals surface area contributed by atoms with Crippen molar-refractivity contribution >= 4 is 27.5 Å². The number of thiophene rings is 1. The quantitative estimate of drug-likeness (QED) is 0.709. The largest absolute Gasteiger partial charge is 0.350 e. The second-order valence-electron chi connectivity index (χ2n) is 7.68. The summed E-state index contributed by atoms with van der Waals surface area (Å²) < 4.78 is 0. The lowest BCUT2D eigenvalue weighted by atomic mass is 10.1. The maximum absolute atomic E-state index is 12.4. The molecule has 1 amide bonds. The van der Waals surface area contributed by atoms with Gasteiger partial charge in [0.15, 0.2) is 0 Å². The normalized spacial score (nSPS) is 11.9. The summed E-state index contributed by atoms with van der Waals surface area (Å²) in [5.74, 6) is 0.496. The lowest BCUT2D eigenvalue weighted by Gasteiger charge is -2.23. The number of likely N-dealkylation sites (N-methyl/N-ethyl adjacent to an activating group) is 1. The molecule has 27 heavy (non-hydrogen) atoms. The van der Waals surface area contributed by atoms with Gasteiger partial charge < -0.3 is 10.3 Å². The van der Waals surface area contributed by atoms with Crippen molar-refractivity contribution in [3.8, 4) is 10.4 Å². The van der Waals surface area contributed by atoms with Gasteiger partial charge in [0, 0.05) is 10.4 Å². The average Bonchev–Trinajstić information content (AvgIpc) is 2.98. The van der Waals surface area contributed by atoms with Crippen LogP contribution in [0.25, 0.3) is 20.7 Å². The second kappa shape index (κ2) is 7.62. The Morgan fingerprint density at radius 1 is 1.26 bits per heavy atom. The van der Waals surface area contributed by atoms with Crippen LogP contribution in [0.1, 0.15) is 26.6 Å². The molecule has 2 aromatic heterocycles. The zero-order chi connectivity index (χ0) is 19.6. The molecule has 0 fully saturated rings. The van der Waals surface area contributed by atoms with Gasteiger partial charge in [-0.2, -0.15) is 0 Å². The minimum absolute atomic E-state index is 0.0593. The fourth-order valence-electron chi connectivity index (χ4n) is 2.81. The summed E-state index contributed by atoms with van der Waals surface area (Å²) in [6.07, 6.45) is 0. The van der Waals surface area contributed by atoms with Crippen molar-refractivity contribution in [1.82, 2.24) is 20.2 Å². The Kier molecular flexibility index (Phi) is 5.43. The lowest BCUT2D eigenvalue weighted by Crippen LogP contribution is -2.45. The van der Waals surface area contributed by atoms with Gasteiger partial charge in [0.05, 0.1) is 18.5 Å². The highest BCUT2D eigenvalue weighted by atomic mass is 32.1. The van der Waals surface area contributed by atoms with E-state index in [0.29, 0.717) is 22.6 Å². The molecule has 0 aliphatic heterocycles. The van der Waals surface area contributed by atoms with E-state index in [4.69, 9.17) is 0 Å². The predicted octanol–water partition coefficient (Wildman–Crippen LogP) is 3.00. The average molecular weight is 385 g/mol. The number of hydrogen-bond donors (Lipinski definition) is 2. The van der Waals surface area contributed by atoms with Crippen LogP contribution in [0.2, 0.25) is 0 Å². The van der Waals surface area contributed by atoms with E-state index in [-0.39, 0.29) is 23.6 Å². The van der Waals surface area contributed by atoms with E-state index in [1.807, 2.05) is 69.1 Å². The number of nitrogens with one attached hydrogen (secondary N) is 2. The molecule has 3 rings (SSSR count). The zero-order valence-corrected chi connectivity index (χ0v) is 16.8. The highest BCUT2D eigenvalue weighted by Gasteiger charge is 2.16. The lowest BCUT2D eigenvalue weighted by molar-refractivity contribution is -0.123. The molecule has 0 spiro atoms. The molecule has 0 atom stereocenters. The first kappa shape index (κ1) is 19.3. The summed E-state index contributed by atoms with van der Waals surface area (Å²) in [5.41, 5.74) is 0.646. The number of fused-ring (bicyclic) bond motifs is 1. The van der Waals surface area contributed by atoms with Gasteiger partial charge in [-0.3, -0.25) is 14.5 Å². The van der Waals surface area contributed by atoms with E-state index in [1.54, 1.807) is 0 Å². The van der Waals surface area contributed by atoms with Crippen LogP contribution in [-0.4, -0.2) is 39.9 Å². The molecule has 0 radical (unpaired) electrons. The monoisotopic (exact) mass is 384 g/mol. The van der Waals surface area contributed by atoms with Gasteiger partial charge in [-0.1, -0.05) is 30.3 Å². The van der Waals surface area contributed by atoms with Crippen molar-refractivity contribution < 1.29 is 4.79 Å². The van der Waals surface area contributed by atoms with Gasteiger partial charge in [0.1, 0.15) is 10.7 Å². The van der Waals surface area contributed by atoms with Crippen molar-refractivity contribution in [3.63, 3.8) is 0 Å². The topological polar surface area (TPSA) is 78.1 Å². The van der Waals surface area contributed by atoms with Gasteiger partial charge in [0.25, 0.3) is 5.56 Å². The fraction of sp³-hybridized carbons (Fsp3) is 0.350.